The van der Waals surface area contributed by atoms with E-state index >= 15 is 0 Å². The van der Waals surface area contributed by atoms with E-state index in [1.807, 2.05) is 0 Å². The van der Waals surface area contributed by atoms with Crippen molar-refractivity contribution in [3.05, 3.63) is 65.5 Å². The van der Waals surface area contributed by atoms with E-state index in [1.165, 1.54) is 18.2 Å². The molecule has 0 aliphatic rings. The summed E-state index contributed by atoms with van der Waals surface area (Å²) < 4.78 is 44.2. The summed E-state index contributed by atoms with van der Waals surface area (Å²) in [5.74, 6) is -1.15. The maximum atomic E-state index is 13.4. The van der Waals surface area contributed by atoms with Gasteiger partial charge in [-0.3, -0.25) is 4.99 Å². The van der Waals surface area contributed by atoms with E-state index in [0.717, 1.165) is 17.7 Å². The second-order valence-electron chi connectivity index (χ2n) is 4.90. The molecule has 0 bridgehead atoms. The van der Waals surface area contributed by atoms with Gasteiger partial charge in [-0.2, -0.15) is 0 Å². The molecule has 0 aromatic heterocycles. The highest BCUT2D eigenvalue weighted by Gasteiger charge is 2.05. The highest BCUT2D eigenvalue weighted by molar-refractivity contribution is 5.79. The van der Waals surface area contributed by atoms with Crippen LogP contribution in [-0.2, 0) is 6.54 Å². The van der Waals surface area contributed by atoms with E-state index in [4.69, 9.17) is 4.74 Å². The topological polar surface area (TPSA) is 45.7 Å². The molecule has 7 heteroatoms. The van der Waals surface area contributed by atoms with Crippen LogP contribution in [0.2, 0.25) is 0 Å². The number of ether oxygens (including phenoxy) is 1. The number of guanidine groups is 1. The van der Waals surface area contributed by atoms with Crippen molar-refractivity contribution in [2.24, 2.45) is 4.99 Å². The Morgan fingerprint density at radius 2 is 1.71 bits per heavy atom. The van der Waals surface area contributed by atoms with E-state index in [1.54, 1.807) is 19.2 Å². The van der Waals surface area contributed by atoms with Gasteiger partial charge >= 0.3 is 0 Å². The zero-order chi connectivity index (χ0) is 17.4. The molecule has 0 radical (unpaired) electrons. The Kier molecular flexibility index (Phi) is 6.48. The van der Waals surface area contributed by atoms with E-state index in [2.05, 4.69) is 15.6 Å². The van der Waals surface area contributed by atoms with E-state index in [0.29, 0.717) is 19.0 Å². The van der Waals surface area contributed by atoms with Gasteiger partial charge in [0.2, 0.25) is 0 Å². The second kappa shape index (κ2) is 8.81. The molecule has 0 unspecified atom stereocenters. The van der Waals surface area contributed by atoms with Gasteiger partial charge in [0.1, 0.15) is 18.2 Å². The molecule has 2 aromatic rings. The van der Waals surface area contributed by atoms with Crippen LogP contribution in [0.4, 0.5) is 13.2 Å². The minimum Gasteiger partial charge on any atom is -0.489 e. The van der Waals surface area contributed by atoms with E-state index in [-0.39, 0.29) is 18.2 Å². The number of rotatable bonds is 6. The van der Waals surface area contributed by atoms with Gasteiger partial charge in [-0.05, 0) is 29.8 Å². The summed E-state index contributed by atoms with van der Waals surface area (Å²) in [4.78, 5) is 4.04. The van der Waals surface area contributed by atoms with Gasteiger partial charge in [-0.25, -0.2) is 13.2 Å². The maximum Gasteiger partial charge on any atom is 0.191 e. The van der Waals surface area contributed by atoms with Gasteiger partial charge in [0.15, 0.2) is 17.5 Å². The van der Waals surface area contributed by atoms with E-state index in [9.17, 15) is 13.2 Å². The van der Waals surface area contributed by atoms with Gasteiger partial charge in [0.25, 0.3) is 0 Å². The van der Waals surface area contributed by atoms with Crippen LogP contribution in [0.25, 0.3) is 0 Å². The monoisotopic (exact) mass is 337 g/mol. The lowest BCUT2D eigenvalue weighted by Gasteiger charge is -2.13. The van der Waals surface area contributed by atoms with Crippen molar-refractivity contribution in [3.63, 3.8) is 0 Å². The Bertz CT molecular complexity index is 690. The Balaban J connectivity index is 1.72. The number of benzene rings is 2. The number of hydrogen-bond donors (Lipinski definition) is 2. The molecule has 2 aromatic carbocycles. The van der Waals surface area contributed by atoms with Crippen LogP contribution in [0.1, 0.15) is 5.56 Å². The zero-order valence-corrected chi connectivity index (χ0v) is 13.2. The molecule has 0 amide bonds. The van der Waals surface area contributed by atoms with Crippen molar-refractivity contribution in [2.75, 3.05) is 20.2 Å². The predicted octanol–water partition coefficient (Wildman–Crippen LogP) is 2.85. The van der Waals surface area contributed by atoms with Gasteiger partial charge in [-0.1, -0.05) is 12.1 Å². The number of nitrogens with one attached hydrogen (secondary N) is 2. The second-order valence-corrected chi connectivity index (χ2v) is 4.90. The highest BCUT2D eigenvalue weighted by atomic mass is 19.1. The molecule has 0 aliphatic heterocycles. The van der Waals surface area contributed by atoms with Crippen molar-refractivity contribution in [1.29, 1.82) is 0 Å². The predicted molar refractivity (Wildman–Crippen MR) is 86.5 cm³/mol. The summed E-state index contributed by atoms with van der Waals surface area (Å²) in [7, 11) is 1.61. The van der Waals surface area contributed by atoms with Gasteiger partial charge in [0, 0.05) is 19.7 Å². The van der Waals surface area contributed by atoms with Gasteiger partial charge < -0.3 is 15.4 Å². The number of halogens is 3. The van der Waals surface area contributed by atoms with Crippen molar-refractivity contribution < 1.29 is 17.9 Å². The molecule has 128 valence electrons. The fourth-order valence-electron chi connectivity index (χ4n) is 1.93. The minimum atomic E-state index is -0.742. The summed E-state index contributed by atoms with van der Waals surface area (Å²) in [5.41, 5.74) is 0.906. The molecule has 4 nitrogen and oxygen atoms in total. The smallest absolute Gasteiger partial charge is 0.191 e. The average molecular weight is 337 g/mol. The normalized spacial score (nSPS) is 11.2. The van der Waals surface area contributed by atoms with Crippen molar-refractivity contribution >= 4 is 5.96 Å². The quantitative estimate of drug-likeness (QED) is 0.484. The lowest BCUT2D eigenvalue weighted by Crippen LogP contribution is -2.38. The first-order valence-electron chi connectivity index (χ1n) is 7.35. The third-order valence-corrected chi connectivity index (χ3v) is 3.14. The third kappa shape index (κ3) is 5.49. The Morgan fingerprint density at radius 1 is 1.00 bits per heavy atom. The zero-order valence-electron chi connectivity index (χ0n) is 13.2. The summed E-state index contributed by atoms with van der Waals surface area (Å²) >= 11 is 0. The molecular weight excluding hydrogens is 319 g/mol. The molecule has 0 spiro atoms. The lowest BCUT2D eigenvalue weighted by atomic mass is 10.2. The first-order chi connectivity index (χ1) is 11.6. The molecule has 0 saturated carbocycles. The molecule has 0 fully saturated rings. The molecule has 0 aliphatic carbocycles. The molecule has 24 heavy (non-hydrogen) atoms. The van der Waals surface area contributed by atoms with Crippen LogP contribution in [0.15, 0.2) is 47.5 Å². The van der Waals surface area contributed by atoms with Crippen LogP contribution in [0, 0.1) is 17.5 Å². The molecule has 2 N–H and O–H groups in total. The summed E-state index contributed by atoms with van der Waals surface area (Å²) in [5, 5.41) is 6.06. The molecule has 2 rings (SSSR count). The summed E-state index contributed by atoms with van der Waals surface area (Å²) in [6.07, 6.45) is 0. The van der Waals surface area contributed by atoms with Crippen LogP contribution < -0.4 is 15.4 Å². The standard InChI is InChI=1S/C17H18F3N3O/c1-21-17(23-11-12-2-4-13(18)5-3-12)22-8-9-24-16-7-6-14(19)10-15(16)20/h2-7,10H,8-9,11H2,1H3,(H2,21,22,23). The van der Waals surface area contributed by atoms with Crippen molar-refractivity contribution in [2.45, 2.75) is 6.54 Å². The summed E-state index contributed by atoms with van der Waals surface area (Å²) in [6.45, 7) is 1.03. The Hall–Kier alpha value is -2.70. The molecule has 0 saturated heterocycles. The Morgan fingerprint density at radius 3 is 2.38 bits per heavy atom. The lowest BCUT2D eigenvalue weighted by molar-refractivity contribution is 0.304. The third-order valence-electron chi connectivity index (χ3n) is 3.14. The number of aliphatic imine (C=N–C) groups is 1. The first kappa shape index (κ1) is 17.7. The number of nitrogens with zero attached hydrogens (tertiary/aromatic N) is 1. The van der Waals surface area contributed by atoms with Crippen LogP contribution in [0.5, 0.6) is 5.75 Å². The molecular formula is C17H18F3N3O. The maximum absolute atomic E-state index is 13.4. The minimum absolute atomic E-state index is 0.00698. The largest absolute Gasteiger partial charge is 0.489 e. The average Bonchev–Trinajstić information content (AvgIpc) is 2.57. The molecule has 0 heterocycles. The first-order valence-corrected chi connectivity index (χ1v) is 7.35. The van der Waals surface area contributed by atoms with E-state index < -0.39 is 11.6 Å². The van der Waals surface area contributed by atoms with Crippen molar-refractivity contribution in [3.8, 4) is 5.75 Å². The fourth-order valence-corrected chi connectivity index (χ4v) is 1.93. The Labute approximate surface area is 138 Å². The SMILES string of the molecule is CN=C(NCCOc1ccc(F)cc1F)NCc1ccc(F)cc1. The molecule has 0 atom stereocenters. The van der Waals surface area contributed by atoms with Gasteiger partial charge in [-0.15, -0.1) is 0 Å². The van der Waals surface area contributed by atoms with Crippen molar-refractivity contribution in [1.82, 2.24) is 10.6 Å². The van der Waals surface area contributed by atoms with Crippen LogP contribution >= 0.6 is 0 Å². The van der Waals surface area contributed by atoms with Gasteiger partial charge in [0.05, 0.1) is 6.54 Å². The fraction of sp³-hybridized carbons (Fsp3) is 0.235. The number of hydrogen-bond acceptors (Lipinski definition) is 2. The highest BCUT2D eigenvalue weighted by Crippen LogP contribution is 2.17. The van der Waals surface area contributed by atoms with Crippen LogP contribution in [0.3, 0.4) is 0 Å². The van der Waals surface area contributed by atoms with Crippen LogP contribution in [-0.4, -0.2) is 26.2 Å². The summed E-state index contributed by atoms with van der Waals surface area (Å²) in [6, 6.07) is 9.27.